The Morgan fingerprint density at radius 1 is 1.53 bits per heavy atom. The molecule has 1 aromatic rings. The van der Waals surface area contributed by atoms with Gasteiger partial charge >= 0.3 is 0 Å². The third-order valence-electron chi connectivity index (χ3n) is 2.06. The minimum atomic E-state index is -0.0541. The number of aromatic hydroxyl groups is 1. The molecule has 88 valence electrons. The van der Waals surface area contributed by atoms with Crippen LogP contribution in [-0.2, 0) is 0 Å². The molecule has 1 rings (SSSR count). The van der Waals surface area contributed by atoms with Gasteiger partial charge in [0.25, 0.3) is 0 Å². The van der Waals surface area contributed by atoms with E-state index in [1.807, 2.05) is 0 Å². The van der Waals surface area contributed by atoms with Crippen LogP contribution < -0.4 is 4.74 Å². The third kappa shape index (κ3) is 3.25. The van der Waals surface area contributed by atoms with Crippen LogP contribution in [0.15, 0.2) is 23.3 Å². The van der Waals surface area contributed by atoms with Crippen molar-refractivity contribution < 1.29 is 14.6 Å². The Balaban J connectivity index is 3.06. The van der Waals surface area contributed by atoms with Crippen LogP contribution in [0, 0.1) is 0 Å². The summed E-state index contributed by atoms with van der Waals surface area (Å²) in [5.41, 5.74) is 9.01. The molecule has 0 amide bonds. The van der Waals surface area contributed by atoms with Crippen molar-refractivity contribution in [3.63, 3.8) is 0 Å². The number of phenolic OH excluding ortho intramolecular Hbond substituents is 1. The van der Waals surface area contributed by atoms with E-state index < -0.39 is 0 Å². The van der Waals surface area contributed by atoms with Crippen LogP contribution in [-0.4, -0.2) is 25.0 Å². The van der Waals surface area contributed by atoms with Gasteiger partial charge < -0.3 is 9.84 Å². The van der Waals surface area contributed by atoms with Crippen LogP contribution >= 0.6 is 0 Å². The summed E-state index contributed by atoms with van der Waals surface area (Å²) in [5.74, 6) is 0.181. The SMILES string of the molecule is COc1cc(C=O)c(C=CCN=[N+]=[N-])cc1O. The van der Waals surface area contributed by atoms with E-state index in [0.29, 0.717) is 17.4 Å². The minimum absolute atomic E-state index is 0.0541. The standard InChI is InChI=1S/C11H11N3O3/c1-17-11-6-9(7-15)8(5-10(11)16)3-2-4-13-14-12/h2-3,5-7,16H,4H2,1H3. The maximum atomic E-state index is 10.8. The molecular weight excluding hydrogens is 222 g/mol. The zero-order valence-electron chi connectivity index (χ0n) is 9.20. The number of ether oxygens (including phenoxy) is 1. The number of aldehydes is 1. The smallest absolute Gasteiger partial charge is 0.161 e. The second-order valence-corrected chi connectivity index (χ2v) is 3.09. The average Bonchev–Trinajstić information content (AvgIpc) is 2.35. The number of methoxy groups -OCH3 is 1. The predicted molar refractivity (Wildman–Crippen MR) is 63.1 cm³/mol. The molecule has 0 heterocycles. The summed E-state index contributed by atoms with van der Waals surface area (Å²) in [4.78, 5) is 13.4. The highest BCUT2D eigenvalue weighted by Crippen LogP contribution is 2.29. The molecule has 6 nitrogen and oxygen atoms in total. The fourth-order valence-corrected chi connectivity index (χ4v) is 1.27. The Hall–Kier alpha value is -2.46. The van der Waals surface area contributed by atoms with E-state index in [1.165, 1.54) is 19.2 Å². The number of benzene rings is 1. The zero-order valence-corrected chi connectivity index (χ0v) is 9.20. The number of hydrogen-bond acceptors (Lipinski definition) is 4. The van der Waals surface area contributed by atoms with Gasteiger partial charge in [-0.3, -0.25) is 4.79 Å². The van der Waals surface area contributed by atoms with Crippen LogP contribution in [0.2, 0.25) is 0 Å². The molecule has 0 saturated heterocycles. The Morgan fingerprint density at radius 3 is 2.88 bits per heavy atom. The summed E-state index contributed by atoms with van der Waals surface area (Å²) in [6, 6.07) is 2.85. The number of azide groups is 1. The molecule has 0 saturated carbocycles. The highest BCUT2D eigenvalue weighted by molar-refractivity contribution is 5.83. The summed E-state index contributed by atoms with van der Waals surface area (Å²) in [6.07, 6.45) is 3.85. The molecule has 0 fully saturated rings. The quantitative estimate of drug-likeness (QED) is 0.366. The van der Waals surface area contributed by atoms with E-state index in [9.17, 15) is 9.90 Å². The van der Waals surface area contributed by atoms with Gasteiger partial charge in [0.2, 0.25) is 0 Å². The number of hydrogen-bond donors (Lipinski definition) is 1. The zero-order chi connectivity index (χ0) is 12.7. The van der Waals surface area contributed by atoms with Crippen molar-refractivity contribution in [3.8, 4) is 11.5 Å². The molecular formula is C11H11N3O3. The summed E-state index contributed by atoms with van der Waals surface area (Å²) in [7, 11) is 1.40. The summed E-state index contributed by atoms with van der Waals surface area (Å²) >= 11 is 0. The minimum Gasteiger partial charge on any atom is -0.504 e. The van der Waals surface area contributed by atoms with Gasteiger partial charge in [0, 0.05) is 17.0 Å². The Morgan fingerprint density at radius 2 is 2.29 bits per heavy atom. The maximum absolute atomic E-state index is 10.8. The topological polar surface area (TPSA) is 95.3 Å². The molecule has 0 aliphatic heterocycles. The molecule has 0 bridgehead atoms. The highest BCUT2D eigenvalue weighted by atomic mass is 16.5. The van der Waals surface area contributed by atoms with E-state index >= 15 is 0 Å². The van der Waals surface area contributed by atoms with E-state index in [-0.39, 0.29) is 18.0 Å². The first-order chi connectivity index (χ1) is 8.22. The average molecular weight is 233 g/mol. The van der Waals surface area contributed by atoms with Gasteiger partial charge in [-0.1, -0.05) is 17.3 Å². The maximum Gasteiger partial charge on any atom is 0.161 e. The van der Waals surface area contributed by atoms with Crippen LogP contribution in [0.25, 0.3) is 16.5 Å². The Labute approximate surface area is 97.8 Å². The Kier molecular flexibility index (Phi) is 4.59. The molecule has 0 aliphatic carbocycles. The van der Waals surface area contributed by atoms with Crippen LogP contribution in [0.1, 0.15) is 15.9 Å². The molecule has 17 heavy (non-hydrogen) atoms. The fraction of sp³-hybridized carbons (Fsp3) is 0.182. The van der Waals surface area contributed by atoms with Crippen molar-refractivity contribution in [2.75, 3.05) is 13.7 Å². The van der Waals surface area contributed by atoms with Gasteiger partial charge in [0.15, 0.2) is 17.8 Å². The lowest BCUT2D eigenvalue weighted by atomic mass is 10.1. The molecule has 0 spiro atoms. The first-order valence-corrected chi connectivity index (χ1v) is 4.76. The van der Waals surface area contributed by atoms with Gasteiger partial charge in [-0.25, -0.2) is 0 Å². The van der Waals surface area contributed by atoms with E-state index in [1.54, 1.807) is 12.2 Å². The van der Waals surface area contributed by atoms with Crippen molar-refractivity contribution in [1.29, 1.82) is 0 Å². The monoisotopic (exact) mass is 233 g/mol. The Bertz CT molecular complexity index is 491. The second-order valence-electron chi connectivity index (χ2n) is 3.09. The largest absolute Gasteiger partial charge is 0.504 e. The van der Waals surface area contributed by atoms with E-state index in [0.717, 1.165) is 0 Å². The van der Waals surface area contributed by atoms with Gasteiger partial charge in [-0.15, -0.1) is 0 Å². The van der Waals surface area contributed by atoms with Gasteiger partial charge in [-0.2, -0.15) is 0 Å². The molecule has 0 atom stereocenters. The summed E-state index contributed by atoms with van der Waals surface area (Å²) < 4.78 is 4.89. The summed E-state index contributed by atoms with van der Waals surface area (Å²) in [6.45, 7) is 0.182. The predicted octanol–water partition coefficient (Wildman–Crippen LogP) is 2.54. The van der Waals surface area contributed by atoms with Gasteiger partial charge in [-0.05, 0) is 23.2 Å². The van der Waals surface area contributed by atoms with Crippen molar-refractivity contribution >= 4 is 12.4 Å². The first kappa shape index (κ1) is 12.6. The lowest BCUT2D eigenvalue weighted by Gasteiger charge is -2.06. The van der Waals surface area contributed by atoms with Crippen molar-refractivity contribution in [2.24, 2.45) is 5.11 Å². The molecule has 1 N–H and O–H groups in total. The molecule has 0 aromatic heterocycles. The van der Waals surface area contributed by atoms with Gasteiger partial charge in [0.05, 0.1) is 7.11 Å². The van der Waals surface area contributed by atoms with Crippen LogP contribution in [0.3, 0.4) is 0 Å². The lowest BCUT2D eigenvalue weighted by Crippen LogP contribution is -1.91. The lowest BCUT2D eigenvalue weighted by molar-refractivity contribution is 0.112. The van der Waals surface area contributed by atoms with Crippen molar-refractivity contribution in [1.82, 2.24) is 0 Å². The molecule has 0 radical (unpaired) electrons. The molecule has 1 aromatic carbocycles. The first-order valence-electron chi connectivity index (χ1n) is 4.76. The van der Waals surface area contributed by atoms with Crippen LogP contribution in [0.5, 0.6) is 11.5 Å². The second kappa shape index (κ2) is 6.19. The highest BCUT2D eigenvalue weighted by Gasteiger charge is 2.06. The molecule has 0 unspecified atom stereocenters. The third-order valence-corrected chi connectivity index (χ3v) is 2.06. The molecule has 6 heteroatoms. The van der Waals surface area contributed by atoms with Gasteiger partial charge in [0.1, 0.15) is 0 Å². The van der Waals surface area contributed by atoms with Crippen molar-refractivity contribution in [2.45, 2.75) is 0 Å². The summed E-state index contributed by atoms with van der Waals surface area (Å²) in [5, 5.41) is 12.9. The number of rotatable bonds is 5. The van der Waals surface area contributed by atoms with Crippen molar-refractivity contribution in [3.05, 3.63) is 39.8 Å². The number of carbonyl (C=O) groups excluding carboxylic acids is 1. The van der Waals surface area contributed by atoms with E-state index in [4.69, 9.17) is 10.3 Å². The number of carbonyl (C=O) groups is 1. The fourth-order valence-electron chi connectivity index (χ4n) is 1.27. The number of nitrogens with zero attached hydrogens (tertiary/aromatic N) is 3. The normalized spacial score (nSPS) is 9.94. The molecule has 0 aliphatic rings. The van der Waals surface area contributed by atoms with E-state index in [2.05, 4.69) is 10.0 Å². The number of phenols is 1. The van der Waals surface area contributed by atoms with Crippen LogP contribution in [0.4, 0.5) is 0 Å².